The SMILES string of the molecule is CNS(=O)(=O)c1cccc(OC[C@@H](O)CNC2COC3(CCN(S(=O)(=O)c4ccc5cc(OC)ccc5c4)CC3)C2)c1. The molecule has 0 saturated carbocycles. The van der Waals surface area contributed by atoms with E-state index in [-0.39, 0.29) is 29.0 Å². The molecule has 11 nitrogen and oxygen atoms in total. The number of fused-ring (bicyclic) bond motifs is 1. The van der Waals surface area contributed by atoms with Gasteiger partial charge in [0.2, 0.25) is 20.0 Å². The zero-order valence-corrected chi connectivity index (χ0v) is 25.3. The fourth-order valence-electron chi connectivity index (χ4n) is 5.50. The lowest BCUT2D eigenvalue weighted by Crippen LogP contribution is -2.47. The van der Waals surface area contributed by atoms with Crippen molar-refractivity contribution in [3.05, 3.63) is 60.7 Å². The monoisotopic (exact) mass is 619 g/mol. The standard InChI is InChI=1S/C29H37N3O8S2/c1-30-41(34,35)27-5-3-4-26(16-27)39-20-24(33)18-31-23-17-29(40-19-23)10-12-32(13-11-29)42(36,37)28-9-7-21-14-25(38-2)8-6-22(21)15-28/h3-9,14-16,23-24,30-31,33H,10-13,17-20H2,1-2H3/t23?,24-/m0/s1. The number of nitrogens with zero attached hydrogens (tertiary/aromatic N) is 1. The van der Waals surface area contributed by atoms with Gasteiger partial charge in [-0.3, -0.25) is 0 Å². The van der Waals surface area contributed by atoms with E-state index in [1.165, 1.54) is 23.5 Å². The second-order valence-corrected chi connectivity index (χ2v) is 14.6. The van der Waals surface area contributed by atoms with Crippen molar-refractivity contribution < 1.29 is 36.2 Å². The number of hydrogen-bond donors (Lipinski definition) is 3. The number of benzene rings is 3. The second-order valence-electron chi connectivity index (χ2n) is 10.7. The minimum Gasteiger partial charge on any atom is -0.497 e. The molecule has 13 heteroatoms. The molecule has 1 spiro atoms. The Bertz CT molecular complexity index is 1620. The summed E-state index contributed by atoms with van der Waals surface area (Å²) in [6.07, 6.45) is 1.08. The number of ether oxygens (including phenoxy) is 3. The molecule has 2 heterocycles. The Labute approximate surface area is 246 Å². The average Bonchev–Trinajstić information content (AvgIpc) is 3.40. The molecule has 3 N–H and O–H groups in total. The van der Waals surface area contributed by atoms with Crippen LogP contribution >= 0.6 is 0 Å². The zero-order valence-electron chi connectivity index (χ0n) is 23.7. The van der Waals surface area contributed by atoms with Gasteiger partial charge in [0.15, 0.2) is 0 Å². The first-order valence-corrected chi connectivity index (χ1v) is 16.8. The van der Waals surface area contributed by atoms with Crippen LogP contribution in [0.4, 0.5) is 0 Å². The van der Waals surface area contributed by atoms with Crippen molar-refractivity contribution in [2.45, 2.75) is 46.8 Å². The van der Waals surface area contributed by atoms with E-state index < -0.39 is 31.8 Å². The molecule has 2 aliphatic rings. The first kappa shape index (κ1) is 30.7. The Balaban J connectivity index is 1.10. The minimum absolute atomic E-state index is 0.0100. The lowest BCUT2D eigenvalue weighted by molar-refractivity contribution is -0.0312. The molecule has 2 fully saturated rings. The van der Waals surface area contributed by atoms with Crippen LogP contribution in [0.1, 0.15) is 19.3 Å². The van der Waals surface area contributed by atoms with Crippen LogP contribution in [0.25, 0.3) is 10.8 Å². The van der Waals surface area contributed by atoms with Gasteiger partial charge < -0.3 is 24.6 Å². The summed E-state index contributed by atoms with van der Waals surface area (Å²) >= 11 is 0. The Morgan fingerprint density at radius 2 is 1.74 bits per heavy atom. The third-order valence-corrected chi connectivity index (χ3v) is 11.3. The highest BCUT2D eigenvalue weighted by Gasteiger charge is 2.44. The third-order valence-electron chi connectivity index (χ3n) is 7.97. The summed E-state index contributed by atoms with van der Waals surface area (Å²) in [6, 6.07) is 16.8. The summed E-state index contributed by atoms with van der Waals surface area (Å²) in [5.74, 6) is 1.07. The first-order chi connectivity index (χ1) is 20.0. The van der Waals surface area contributed by atoms with Gasteiger partial charge in [-0.25, -0.2) is 21.6 Å². The third kappa shape index (κ3) is 6.72. The molecule has 2 aliphatic heterocycles. The lowest BCUT2D eigenvalue weighted by atomic mass is 9.88. The molecule has 0 amide bonds. The van der Waals surface area contributed by atoms with Crippen LogP contribution in [0.2, 0.25) is 0 Å². The predicted octanol–water partition coefficient (Wildman–Crippen LogP) is 2.10. The number of rotatable bonds is 11. The molecule has 2 saturated heterocycles. The number of sulfonamides is 2. The lowest BCUT2D eigenvalue weighted by Gasteiger charge is -2.38. The normalized spacial score (nSPS) is 20.1. The maximum absolute atomic E-state index is 13.4. The van der Waals surface area contributed by atoms with E-state index in [1.54, 1.807) is 37.4 Å². The highest BCUT2D eigenvalue weighted by atomic mass is 32.2. The fraction of sp³-hybridized carbons (Fsp3) is 0.448. The highest BCUT2D eigenvalue weighted by molar-refractivity contribution is 7.89. The zero-order chi connectivity index (χ0) is 30.0. The van der Waals surface area contributed by atoms with E-state index in [0.29, 0.717) is 38.3 Å². The van der Waals surface area contributed by atoms with Gasteiger partial charge in [-0.15, -0.1) is 0 Å². The van der Waals surface area contributed by atoms with E-state index in [4.69, 9.17) is 14.2 Å². The van der Waals surface area contributed by atoms with Gasteiger partial charge in [-0.2, -0.15) is 4.31 Å². The number of hydrogen-bond acceptors (Lipinski definition) is 9. The molecule has 2 atom stereocenters. The van der Waals surface area contributed by atoms with E-state index in [2.05, 4.69) is 10.0 Å². The summed E-state index contributed by atoms with van der Waals surface area (Å²) in [7, 11) is -4.30. The van der Waals surface area contributed by atoms with Crippen LogP contribution in [0.15, 0.2) is 70.5 Å². The van der Waals surface area contributed by atoms with Crippen LogP contribution < -0.4 is 19.5 Å². The molecular formula is C29H37N3O8S2. The first-order valence-electron chi connectivity index (χ1n) is 13.8. The van der Waals surface area contributed by atoms with Crippen molar-refractivity contribution in [3.63, 3.8) is 0 Å². The molecule has 0 aliphatic carbocycles. The Hall–Kier alpha value is -2.78. The Morgan fingerprint density at radius 3 is 2.48 bits per heavy atom. The maximum Gasteiger partial charge on any atom is 0.243 e. The van der Waals surface area contributed by atoms with Crippen LogP contribution in [-0.2, 0) is 24.8 Å². The second kappa shape index (κ2) is 12.4. The molecule has 5 rings (SSSR count). The molecule has 3 aromatic rings. The molecule has 42 heavy (non-hydrogen) atoms. The molecule has 0 bridgehead atoms. The summed E-state index contributed by atoms with van der Waals surface area (Å²) in [4.78, 5) is 0.357. The van der Waals surface area contributed by atoms with Gasteiger partial charge in [-0.1, -0.05) is 18.2 Å². The average molecular weight is 620 g/mol. The van der Waals surface area contributed by atoms with Gasteiger partial charge in [0, 0.05) is 31.7 Å². The van der Waals surface area contributed by atoms with E-state index >= 15 is 0 Å². The van der Waals surface area contributed by atoms with Crippen molar-refractivity contribution in [2.24, 2.45) is 0 Å². The summed E-state index contributed by atoms with van der Waals surface area (Å²) in [5, 5.41) is 15.5. The predicted molar refractivity (Wildman–Crippen MR) is 158 cm³/mol. The van der Waals surface area contributed by atoms with Crippen LogP contribution in [-0.4, -0.2) is 91.0 Å². The number of aliphatic hydroxyl groups is 1. The summed E-state index contributed by atoms with van der Waals surface area (Å²) in [5.41, 5.74) is -0.398. The molecule has 3 aromatic carbocycles. The van der Waals surface area contributed by atoms with Crippen molar-refractivity contribution in [2.75, 3.05) is 47.0 Å². The Morgan fingerprint density at radius 1 is 1.00 bits per heavy atom. The smallest absolute Gasteiger partial charge is 0.243 e. The fourth-order valence-corrected chi connectivity index (χ4v) is 7.74. The number of nitrogens with one attached hydrogen (secondary N) is 2. The quantitative estimate of drug-likeness (QED) is 0.294. The maximum atomic E-state index is 13.4. The molecule has 0 aromatic heterocycles. The van der Waals surface area contributed by atoms with Crippen molar-refractivity contribution in [1.82, 2.24) is 14.3 Å². The van der Waals surface area contributed by atoms with Crippen molar-refractivity contribution in [3.8, 4) is 11.5 Å². The highest BCUT2D eigenvalue weighted by Crippen LogP contribution is 2.37. The topological polar surface area (TPSA) is 144 Å². The Kier molecular flexibility index (Phi) is 9.09. The summed E-state index contributed by atoms with van der Waals surface area (Å²) < 4.78 is 71.7. The molecule has 0 radical (unpaired) electrons. The van der Waals surface area contributed by atoms with Gasteiger partial charge in [-0.05, 0) is 73.5 Å². The largest absolute Gasteiger partial charge is 0.497 e. The van der Waals surface area contributed by atoms with Gasteiger partial charge >= 0.3 is 0 Å². The van der Waals surface area contributed by atoms with Crippen molar-refractivity contribution >= 4 is 30.8 Å². The van der Waals surface area contributed by atoms with Crippen LogP contribution in [0, 0.1) is 0 Å². The van der Waals surface area contributed by atoms with E-state index in [0.717, 1.165) is 22.9 Å². The number of piperidine rings is 1. The van der Waals surface area contributed by atoms with Crippen LogP contribution in [0.3, 0.4) is 0 Å². The van der Waals surface area contributed by atoms with Crippen molar-refractivity contribution in [1.29, 1.82) is 0 Å². The van der Waals surface area contributed by atoms with Crippen LogP contribution in [0.5, 0.6) is 11.5 Å². The van der Waals surface area contributed by atoms with E-state index in [9.17, 15) is 21.9 Å². The van der Waals surface area contributed by atoms with E-state index in [1.807, 2.05) is 18.2 Å². The minimum atomic E-state index is -3.65. The number of methoxy groups -OCH3 is 1. The molecule has 1 unspecified atom stereocenters. The molecule has 228 valence electrons. The van der Waals surface area contributed by atoms with Gasteiger partial charge in [0.25, 0.3) is 0 Å². The summed E-state index contributed by atoms with van der Waals surface area (Å²) in [6.45, 7) is 1.47. The van der Waals surface area contributed by atoms with Gasteiger partial charge in [0.05, 0.1) is 29.1 Å². The molecular weight excluding hydrogens is 582 g/mol. The number of aliphatic hydroxyl groups excluding tert-OH is 1. The van der Waals surface area contributed by atoms with Gasteiger partial charge in [0.1, 0.15) is 24.2 Å².